The number of furan rings is 1. The first-order valence-electron chi connectivity index (χ1n) is 6.82. The van der Waals surface area contributed by atoms with Crippen LogP contribution in [0.5, 0.6) is 0 Å². The molecule has 1 aromatic rings. The Kier molecular flexibility index (Phi) is 5.23. The van der Waals surface area contributed by atoms with E-state index in [0.29, 0.717) is 19.3 Å². The molecule has 1 aromatic heterocycles. The SMILES string of the molecule is C[C@H](NCC(O)COC1CCCC1)c1ccco1. The minimum Gasteiger partial charge on any atom is -0.468 e. The van der Waals surface area contributed by atoms with Crippen LogP contribution in [0.4, 0.5) is 0 Å². The molecule has 2 N–H and O–H groups in total. The van der Waals surface area contributed by atoms with E-state index in [2.05, 4.69) is 5.32 Å². The zero-order chi connectivity index (χ0) is 12.8. The summed E-state index contributed by atoms with van der Waals surface area (Å²) in [4.78, 5) is 0. The number of nitrogens with one attached hydrogen (secondary N) is 1. The first kappa shape index (κ1) is 13.6. The van der Waals surface area contributed by atoms with Crippen molar-refractivity contribution in [1.29, 1.82) is 0 Å². The highest BCUT2D eigenvalue weighted by Gasteiger charge is 2.17. The molecule has 4 heteroatoms. The van der Waals surface area contributed by atoms with Crippen molar-refractivity contribution >= 4 is 0 Å². The molecule has 0 spiro atoms. The van der Waals surface area contributed by atoms with Crippen molar-refractivity contribution in [2.75, 3.05) is 13.2 Å². The molecular weight excluding hydrogens is 230 g/mol. The molecule has 102 valence electrons. The minimum atomic E-state index is -0.456. The Bertz CT molecular complexity index is 320. The van der Waals surface area contributed by atoms with E-state index in [4.69, 9.17) is 9.15 Å². The summed E-state index contributed by atoms with van der Waals surface area (Å²) in [6, 6.07) is 3.91. The van der Waals surface area contributed by atoms with Crippen molar-refractivity contribution in [2.24, 2.45) is 0 Å². The van der Waals surface area contributed by atoms with Crippen molar-refractivity contribution in [3.05, 3.63) is 24.2 Å². The van der Waals surface area contributed by atoms with Gasteiger partial charge < -0.3 is 19.6 Å². The quantitative estimate of drug-likeness (QED) is 0.782. The number of hydrogen-bond donors (Lipinski definition) is 2. The van der Waals surface area contributed by atoms with Gasteiger partial charge in [-0.1, -0.05) is 12.8 Å². The predicted molar refractivity (Wildman–Crippen MR) is 69.3 cm³/mol. The topological polar surface area (TPSA) is 54.6 Å². The Morgan fingerprint density at radius 3 is 2.94 bits per heavy atom. The average molecular weight is 253 g/mol. The van der Waals surface area contributed by atoms with Crippen LogP contribution in [-0.4, -0.2) is 30.5 Å². The molecule has 0 saturated heterocycles. The summed E-state index contributed by atoms with van der Waals surface area (Å²) in [7, 11) is 0. The highest BCUT2D eigenvalue weighted by atomic mass is 16.5. The van der Waals surface area contributed by atoms with Gasteiger partial charge in [0, 0.05) is 6.54 Å². The zero-order valence-electron chi connectivity index (χ0n) is 11.0. The van der Waals surface area contributed by atoms with Gasteiger partial charge in [-0.2, -0.15) is 0 Å². The third kappa shape index (κ3) is 4.12. The summed E-state index contributed by atoms with van der Waals surface area (Å²) in [6.45, 7) is 2.96. The molecule has 2 atom stereocenters. The Morgan fingerprint density at radius 1 is 1.50 bits per heavy atom. The van der Waals surface area contributed by atoms with Gasteiger partial charge in [0.1, 0.15) is 5.76 Å². The van der Waals surface area contributed by atoms with Crippen LogP contribution in [0.25, 0.3) is 0 Å². The zero-order valence-corrected chi connectivity index (χ0v) is 11.0. The second kappa shape index (κ2) is 6.92. The highest BCUT2D eigenvalue weighted by molar-refractivity contribution is 5.02. The molecule has 1 fully saturated rings. The van der Waals surface area contributed by atoms with E-state index in [-0.39, 0.29) is 6.04 Å². The number of rotatable bonds is 7. The van der Waals surface area contributed by atoms with Gasteiger partial charge in [0.2, 0.25) is 0 Å². The van der Waals surface area contributed by atoms with E-state index in [1.54, 1.807) is 6.26 Å². The molecule has 0 aliphatic heterocycles. The van der Waals surface area contributed by atoms with Gasteiger partial charge in [0.15, 0.2) is 0 Å². The molecule has 0 radical (unpaired) electrons. The fourth-order valence-corrected chi connectivity index (χ4v) is 2.31. The van der Waals surface area contributed by atoms with Crippen molar-refractivity contribution in [3.63, 3.8) is 0 Å². The van der Waals surface area contributed by atoms with Crippen LogP contribution in [0.1, 0.15) is 44.4 Å². The molecule has 2 rings (SSSR count). The Labute approximate surface area is 108 Å². The summed E-state index contributed by atoms with van der Waals surface area (Å²) in [6.07, 6.45) is 6.37. The van der Waals surface area contributed by atoms with Gasteiger partial charge in [-0.25, -0.2) is 0 Å². The van der Waals surface area contributed by atoms with Gasteiger partial charge in [0.05, 0.1) is 31.1 Å². The van der Waals surface area contributed by atoms with E-state index in [1.807, 2.05) is 19.1 Å². The first-order valence-corrected chi connectivity index (χ1v) is 6.82. The van der Waals surface area contributed by atoms with Crippen LogP contribution in [0.15, 0.2) is 22.8 Å². The summed E-state index contributed by atoms with van der Waals surface area (Å²) in [5.74, 6) is 0.888. The van der Waals surface area contributed by atoms with E-state index < -0.39 is 6.10 Å². The van der Waals surface area contributed by atoms with Crippen LogP contribution in [0, 0.1) is 0 Å². The molecular formula is C14H23NO3. The summed E-state index contributed by atoms with van der Waals surface area (Å²) in [5.41, 5.74) is 0. The maximum absolute atomic E-state index is 9.84. The smallest absolute Gasteiger partial charge is 0.120 e. The van der Waals surface area contributed by atoms with Gasteiger partial charge in [-0.05, 0) is 31.9 Å². The Hall–Kier alpha value is -0.840. The fraction of sp³-hybridized carbons (Fsp3) is 0.714. The molecule has 0 bridgehead atoms. The Morgan fingerprint density at radius 2 is 2.28 bits per heavy atom. The lowest BCUT2D eigenvalue weighted by Gasteiger charge is -2.18. The van der Waals surface area contributed by atoms with E-state index in [9.17, 15) is 5.11 Å². The predicted octanol–water partition coefficient (Wildman–Crippen LogP) is 2.25. The number of aliphatic hydroxyl groups is 1. The van der Waals surface area contributed by atoms with Crippen LogP contribution >= 0.6 is 0 Å². The highest BCUT2D eigenvalue weighted by Crippen LogP contribution is 2.20. The molecule has 0 aromatic carbocycles. The van der Waals surface area contributed by atoms with Crippen molar-refractivity contribution in [3.8, 4) is 0 Å². The average Bonchev–Trinajstić information content (AvgIpc) is 3.05. The summed E-state index contributed by atoms with van der Waals surface area (Å²) >= 11 is 0. The van der Waals surface area contributed by atoms with Crippen molar-refractivity contribution in [2.45, 2.75) is 50.9 Å². The van der Waals surface area contributed by atoms with Gasteiger partial charge >= 0.3 is 0 Å². The lowest BCUT2D eigenvalue weighted by Crippen LogP contribution is -2.33. The van der Waals surface area contributed by atoms with E-state index >= 15 is 0 Å². The second-order valence-corrected chi connectivity index (χ2v) is 5.04. The maximum Gasteiger partial charge on any atom is 0.120 e. The van der Waals surface area contributed by atoms with Crippen LogP contribution < -0.4 is 5.32 Å². The number of hydrogen-bond acceptors (Lipinski definition) is 4. The number of aliphatic hydroxyl groups excluding tert-OH is 1. The molecule has 0 amide bonds. The molecule has 1 saturated carbocycles. The Balaban J connectivity index is 1.60. The van der Waals surface area contributed by atoms with Crippen LogP contribution in [0.2, 0.25) is 0 Å². The van der Waals surface area contributed by atoms with Gasteiger partial charge in [-0.3, -0.25) is 0 Å². The fourth-order valence-electron chi connectivity index (χ4n) is 2.31. The third-order valence-electron chi connectivity index (χ3n) is 3.46. The van der Waals surface area contributed by atoms with Gasteiger partial charge in [-0.15, -0.1) is 0 Å². The summed E-state index contributed by atoms with van der Waals surface area (Å²) < 4.78 is 11.0. The first-order chi connectivity index (χ1) is 8.75. The van der Waals surface area contributed by atoms with Crippen molar-refractivity contribution < 1.29 is 14.3 Å². The normalized spacial score (nSPS) is 20.1. The summed E-state index contributed by atoms with van der Waals surface area (Å²) in [5, 5.41) is 13.1. The van der Waals surface area contributed by atoms with E-state index in [0.717, 1.165) is 18.6 Å². The maximum atomic E-state index is 9.84. The van der Waals surface area contributed by atoms with Crippen LogP contribution in [-0.2, 0) is 4.74 Å². The van der Waals surface area contributed by atoms with E-state index in [1.165, 1.54) is 12.8 Å². The molecule has 4 nitrogen and oxygen atoms in total. The third-order valence-corrected chi connectivity index (χ3v) is 3.46. The largest absolute Gasteiger partial charge is 0.468 e. The lowest BCUT2D eigenvalue weighted by atomic mass is 10.2. The minimum absolute atomic E-state index is 0.112. The lowest BCUT2D eigenvalue weighted by molar-refractivity contribution is -0.00627. The molecule has 1 unspecified atom stereocenters. The monoisotopic (exact) mass is 253 g/mol. The second-order valence-electron chi connectivity index (χ2n) is 5.04. The standard InChI is InChI=1S/C14H23NO3/c1-11(14-7-4-8-17-14)15-9-12(16)10-18-13-5-2-3-6-13/h4,7-8,11-13,15-16H,2-3,5-6,9-10H2,1H3/t11-,12?/m0/s1. The molecule has 1 heterocycles. The van der Waals surface area contributed by atoms with Gasteiger partial charge in [0.25, 0.3) is 0 Å². The van der Waals surface area contributed by atoms with Crippen molar-refractivity contribution in [1.82, 2.24) is 5.32 Å². The van der Waals surface area contributed by atoms with Crippen LogP contribution in [0.3, 0.4) is 0 Å². The molecule has 1 aliphatic carbocycles. The number of ether oxygens (including phenoxy) is 1. The molecule has 1 aliphatic rings. The molecule has 18 heavy (non-hydrogen) atoms.